The minimum absolute atomic E-state index is 0.164. The van der Waals surface area contributed by atoms with Crippen LogP contribution in [-0.4, -0.2) is 72.6 Å². The molecule has 5 nitrogen and oxygen atoms in total. The van der Waals surface area contributed by atoms with E-state index in [0.717, 1.165) is 19.1 Å². The van der Waals surface area contributed by atoms with Crippen LogP contribution in [0, 0.1) is 11.7 Å². The van der Waals surface area contributed by atoms with E-state index in [1.807, 2.05) is 18.5 Å². The molecule has 1 aromatic carbocycles. The van der Waals surface area contributed by atoms with Crippen LogP contribution in [0.3, 0.4) is 0 Å². The molecule has 2 saturated heterocycles. The molecule has 2 aromatic rings. The first-order valence-electron chi connectivity index (χ1n) is 12.0. The maximum absolute atomic E-state index is 14.6. The second-order valence-corrected chi connectivity index (χ2v) is 9.50. The van der Waals surface area contributed by atoms with E-state index in [4.69, 9.17) is 4.74 Å². The summed E-state index contributed by atoms with van der Waals surface area (Å²) in [5.41, 5.74) is 1.91. The molecular weight excluding hydrogens is 403 g/mol. The smallest absolute Gasteiger partial charge is 0.127 e. The molecule has 2 aliphatic heterocycles. The maximum Gasteiger partial charge on any atom is 0.127 e. The number of ether oxygens (including phenoxy) is 1. The van der Waals surface area contributed by atoms with Crippen molar-refractivity contribution in [3.05, 3.63) is 59.7 Å². The van der Waals surface area contributed by atoms with Crippen molar-refractivity contribution < 1.29 is 9.13 Å². The molecule has 6 heteroatoms. The first-order chi connectivity index (χ1) is 15.6. The molecule has 0 N–H and O–H groups in total. The molecular formula is C26H37FN4O. The van der Waals surface area contributed by atoms with Crippen LogP contribution in [0.4, 0.5) is 4.39 Å². The Labute approximate surface area is 192 Å². The fraction of sp³-hybridized carbons (Fsp3) is 0.577. The molecule has 2 aliphatic rings. The Morgan fingerprint density at radius 2 is 1.72 bits per heavy atom. The van der Waals surface area contributed by atoms with Crippen LogP contribution < -0.4 is 4.74 Å². The summed E-state index contributed by atoms with van der Waals surface area (Å²) in [6, 6.07) is 9.89. The van der Waals surface area contributed by atoms with Crippen molar-refractivity contribution in [1.82, 2.24) is 19.7 Å². The Hall–Kier alpha value is -2.02. The minimum Gasteiger partial charge on any atom is -0.497 e. The Morgan fingerprint density at radius 3 is 2.41 bits per heavy atom. The highest BCUT2D eigenvalue weighted by Gasteiger charge is 2.28. The number of aromatic nitrogens is 1. The van der Waals surface area contributed by atoms with Gasteiger partial charge in [0.25, 0.3) is 0 Å². The number of hydrogen-bond acceptors (Lipinski definition) is 5. The average Bonchev–Trinajstić information content (AvgIpc) is 2.82. The van der Waals surface area contributed by atoms with E-state index in [9.17, 15) is 4.39 Å². The second kappa shape index (κ2) is 11.2. The predicted octanol–water partition coefficient (Wildman–Crippen LogP) is 4.04. The molecule has 0 spiro atoms. The number of piperidine rings is 2. The van der Waals surface area contributed by atoms with E-state index in [-0.39, 0.29) is 5.82 Å². The van der Waals surface area contributed by atoms with Crippen molar-refractivity contribution in [1.29, 1.82) is 0 Å². The van der Waals surface area contributed by atoms with E-state index in [2.05, 4.69) is 38.9 Å². The van der Waals surface area contributed by atoms with Gasteiger partial charge in [0, 0.05) is 43.6 Å². The zero-order chi connectivity index (χ0) is 22.3. The first kappa shape index (κ1) is 23.1. The molecule has 3 heterocycles. The third kappa shape index (κ3) is 6.27. The Bertz CT molecular complexity index is 833. The molecule has 32 heavy (non-hydrogen) atoms. The summed E-state index contributed by atoms with van der Waals surface area (Å²) in [7, 11) is 3.86. The summed E-state index contributed by atoms with van der Waals surface area (Å²) in [6.07, 6.45) is 8.70. The standard InChI is InChI=1S/C26H37FN4O/c1-29-13-9-24(10-14-29)31-15-7-22(8-16-31)19-30(18-21-5-11-28-12-6-21)20-23-17-25(32-2)3-4-26(23)27/h3-6,11-12,17,22,24H,7-10,13-16,18-20H2,1-2H3. The van der Waals surface area contributed by atoms with Gasteiger partial charge in [-0.15, -0.1) is 0 Å². The van der Waals surface area contributed by atoms with Crippen LogP contribution in [0.1, 0.15) is 36.8 Å². The van der Waals surface area contributed by atoms with E-state index in [1.54, 1.807) is 13.2 Å². The summed E-state index contributed by atoms with van der Waals surface area (Å²) in [5, 5.41) is 0. The van der Waals surface area contributed by atoms with Crippen LogP contribution in [-0.2, 0) is 13.1 Å². The Balaban J connectivity index is 1.38. The molecule has 0 saturated carbocycles. The summed E-state index contributed by atoms with van der Waals surface area (Å²) in [6.45, 7) is 7.19. The summed E-state index contributed by atoms with van der Waals surface area (Å²) in [4.78, 5) is 11.7. The van der Waals surface area contributed by atoms with Gasteiger partial charge in [-0.05, 0) is 101 Å². The quantitative estimate of drug-likeness (QED) is 0.619. The lowest BCUT2D eigenvalue weighted by atomic mass is 9.92. The fourth-order valence-corrected chi connectivity index (χ4v) is 5.20. The van der Waals surface area contributed by atoms with E-state index >= 15 is 0 Å². The summed E-state index contributed by atoms with van der Waals surface area (Å²) >= 11 is 0. The number of likely N-dealkylation sites (tertiary alicyclic amines) is 2. The number of pyridine rings is 1. The highest BCUT2D eigenvalue weighted by atomic mass is 19.1. The first-order valence-corrected chi connectivity index (χ1v) is 12.0. The molecule has 0 bridgehead atoms. The molecule has 4 rings (SSSR count). The van der Waals surface area contributed by atoms with Crippen LogP contribution >= 0.6 is 0 Å². The molecule has 1 aromatic heterocycles. The third-order valence-corrected chi connectivity index (χ3v) is 7.17. The molecule has 2 fully saturated rings. The van der Waals surface area contributed by atoms with Gasteiger partial charge in [-0.3, -0.25) is 9.88 Å². The topological polar surface area (TPSA) is 31.8 Å². The van der Waals surface area contributed by atoms with Crippen LogP contribution in [0.15, 0.2) is 42.7 Å². The lowest BCUT2D eigenvalue weighted by Crippen LogP contribution is -2.47. The summed E-state index contributed by atoms with van der Waals surface area (Å²) < 4.78 is 19.9. The van der Waals surface area contributed by atoms with Crippen molar-refractivity contribution in [3.8, 4) is 5.75 Å². The van der Waals surface area contributed by atoms with E-state index in [1.165, 1.54) is 63.5 Å². The normalized spacial score (nSPS) is 19.5. The van der Waals surface area contributed by atoms with Crippen molar-refractivity contribution in [3.63, 3.8) is 0 Å². The molecule has 0 atom stereocenters. The summed E-state index contributed by atoms with van der Waals surface area (Å²) in [5.74, 6) is 1.19. The number of benzene rings is 1. The van der Waals surface area contributed by atoms with Crippen LogP contribution in [0.25, 0.3) is 0 Å². The monoisotopic (exact) mass is 440 g/mol. The van der Waals surface area contributed by atoms with Crippen LogP contribution in [0.2, 0.25) is 0 Å². The van der Waals surface area contributed by atoms with Gasteiger partial charge in [0.15, 0.2) is 0 Å². The number of nitrogens with zero attached hydrogens (tertiary/aromatic N) is 4. The lowest BCUT2D eigenvalue weighted by molar-refractivity contribution is 0.0726. The number of hydrogen-bond donors (Lipinski definition) is 0. The van der Waals surface area contributed by atoms with Crippen molar-refractivity contribution >= 4 is 0 Å². The zero-order valence-corrected chi connectivity index (χ0v) is 19.5. The number of rotatable bonds is 8. The highest BCUT2D eigenvalue weighted by Crippen LogP contribution is 2.26. The van der Waals surface area contributed by atoms with Crippen molar-refractivity contribution in [2.45, 2.75) is 44.8 Å². The Morgan fingerprint density at radius 1 is 1.00 bits per heavy atom. The maximum atomic E-state index is 14.6. The van der Waals surface area contributed by atoms with Gasteiger partial charge in [0.2, 0.25) is 0 Å². The molecule has 0 radical (unpaired) electrons. The molecule has 0 amide bonds. The van der Waals surface area contributed by atoms with Gasteiger partial charge in [0.1, 0.15) is 11.6 Å². The van der Waals surface area contributed by atoms with Crippen molar-refractivity contribution in [2.24, 2.45) is 5.92 Å². The van der Waals surface area contributed by atoms with Gasteiger partial charge in [0.05, 0.1) is 7.11 Å². The van der Waals surface area contributed by atoms with Crippen molar-refractivity contribution in [2.75, 3.05) is 46.9 Å². The SMILES string of the molecule is COc1ccc(F)c(CN(Cc2ccncc2)CC2CCN(C3CCN(C)CC3)CC2)c1. The average molecular weight is 441 g/mol. The van der Waals surface area contributed by atoms with E-state index in [0.29, 0.717) is 23.8 Å². The molecule has 0 unspecified atom stereocenters. The third-order valence-electron chi connectivity index (χ3n) is 7.17. The van der Waals surface area contributed by atoms with Gasteiger partial charge in [-0.2, -0.15) is 0 Å². The van der Waals surface area contributed by atoms with Gasteiger partial charge in [-0.25, -0.2) is 4.39 Å². The fourth-order valence-electron chi connectivity index (χ4n) is 5.20. The minimum atomic E-state index is -0.164. The largest absolute Gasteiger partial charge is 0.497 e. The highest BCUT2D eigenvalue weighted by molar-refractivity contribution is 5.30. The second-order valence-electron chi connectivity index (χ2n) is 9.50. The number of methoxy groups -OCH3 is 1. The Kier molecular flexibility index (Phi) is 8.11. The molecule has 0 aliphatic carbocycles. The van der Waals surface area contributed by atoms with Gasteiger partial charge < -0.3 is 14.5 Å². The lowest BCUT2D eigenvalue weighted by Gasteiger charge is -2.42. The van der Waals surface area contributed by atoms with Crippen LogP contribution in [0.5, 0.6) is 5.75 Å². The zero-order valence-electron chi connectivity index (χ0n) is 19.5. The molecule has 174 valence electrons. The predicted molar refractivity (Wildman–Crippen MR) is 126 cm³/mol. The van der Waals surface area contributed by atoms with Gasteiger partial charge >= 0.3 is 0 Å². The van der Waals surface area contributed by atoms with Gasteiger partial charge in [-0.1, -0.05) is 0 Å². The van der Waals surface area contributed by atoms with E-state index < -0.39 is 0 Å². The number of halogens is 1.